The molecular formula is C16H24N2O2. The number of hydrogen-bond acceptors (Lipinski definition) is 2. The molecule has 2 amide bonds. The first-order valence-electron chi connectivity index (χ1n) is 6.85. The van der Waals surface area contributed by atoms with Crippen molar-refractivity contribution < 1.29 is 9.59 Å². The molecule has 20 heavy (non-hydrogen) atoms. The predicted octanol–water partition coefficient (Wildman–Crippen LogP) is 2.47. The molecule has 4 nitrogen and oxygen atoms in total. The zero-order valence-electron chi connectivity index (χ0n) is 13.0. The van der Waals surface area contributed by atoms with E-state index < -0.39 is 0 Å². The Kier molecular flexibility index (Phi) is 5.31. The number of nitrogens with zero attached hydrogens (tertiary/aromatic N) is 1. The highest BCUT2D eigenvalue weighted by Gasteiger charge is 2.15. The topological polar surface area (TPSA) is 49.4 Å². The normalized spacial score (nSPS) is 11.1. The molecule has 0 fully saturated rings. The first-order chi connectivity index (χ1) is 9.21. The second-order valence-corrected chi connectivity index (χ2v) is 5.95. The van der Waals surface area contributed by atoms with Gasteiger partial charge >= 0.3 is 0 Å². The van der Waals surface area contributed by atoms with E-state index >= 15 is 0 Å². The molecule has 1 aromatic rings. The Hall–Kier alpha value is -1.84. The average molecular weight is 276 g/mol. The molecular weight excluding hydrogens is 252 g/mol. The van der Waals surface area contributed by atoms with Gasteiger partial charge in [-0.3, -0.25) is 9.59 Å². The molecule has 0 unspecified atom stereocenters. The average Bonchev–Trinajstić information content (AvgIpc) is 2.33. The third-order valence-electron chi connectivity index (χ3n) is 3.13. The van der Waals surface area contributed by atoms with E-state index in [0.29, 0.717) is 13.1 Å². The van der Waals surface area contributed by atoms with Crippen molar-refractivity contribution in [3.05, 3.63) is 29.8 Å². The van der Waals surface area contributed by atoms with Gasteiger partial charge in [0.25, 0.3) is 0 Å². The molecule has 0 saturated heterocycles. The third-order valence-corrected chi connectivity index (χ3v) is 3.13. The summed E-state index contributed by atoms with van der Waals surface area (Å²) >= 11 is 0. The fraction of sp³-hybridized carbons (Fsp3) is 0.500. The number of carbonyl (C=O) groups is 2. The third kappa shape index (κ3) is 4.68. The van der Waals surface area contributed by atoms with Crippen LogP contribution in [0.25, 0.3) is 0 Å². The monoisotopic (exact) mass is 276 g/mol. The number of nitrogens with one attached hydrogen (secondary N) is 1. The maximum Gasteiger partial charge on any atom is 0.223 e. The molecule has 0 heterocycles. The molecule has 0 atom stereocenters. The van der Waals surface area contributed by atoms with E-state index in [1.807, 2.05) is 24.3 Å². The van der Waals surface area contributed by atoms with E-state index in [4.69, 9.17) is 0 Å². The van der Waals surface area contributed by atoms with Crippen molar-refractivity contribution in [2.24, 2.45) is 0 Å². The van der Waals surface area contributed by atoms with Gasteiger partial charge in [0.15, 0.2) is 0 Å². The quantitative estimate of drug-likeness (QED) is 0.918. The van der Waals surface area contributed by atoms with Crippen LogP contribution in [0.2, 0.25) is 0 Å². The lowest BCUT2D eigenvalue weighted by molar-refractivity contribution is -0.119. The summed E-state index contributed by atoms with van der Waals surface area (Å²) in [6.07, 6.45) is 0. The van der Waals surface area contributed by atoms with Crippen molar-refractivity contribution in [2.75, 3.05) is 18.0 Å². The Labute approximate surface area is 121 Å². The van der Waals surface area contributed by atoms with Gasteiger partial charge in [-0.25, -0.2) is 0 Å². The van der Waals surface area contributed by atoms with E-state index in [2.05, 4.69) is 26.1 Å². The van der Waals surface area contributed by atoms with Crippen molar-refractivity contribution in [1.82, 2.24) is 5.32 Å². The van der Waals surface area contributed by atoms with E-state index in [0.717, 1.165) is 5.69 Å². The summed E-state index contributed by atoms with van der Waals surface area (Å²) in [4.78, 5) is 24.3. The highest BCUT2D eigenvalue weighted by molar-refractivity contribution is 5.91. The molecule has 0 aliphatic rings. The van der Waals surface area contributed by atoms with Gasteiger partial charge in [-0.1, -0.05) is 32.9 Å². The van der Waals surface area contributed by atoms with Crippen LogP contribution in [0.1, 0.15) is 40.2 Å². The molecule has 0 saturated carbocycles. The Morgan fingerprint density at radius 2 is 1.65 bits per heavy atom. The molecule has 1 N–H and O–H groups in total. The number of anilines is 1. The standard InChI is InChI=1S/C16H24N2O2/c1-12(19)17-10-11-18(13(2)20)15-8-6-14(7-9-15)16(3,4)5/h6-9H,10-11H2,1-5H3,(H,17,19). The fourth-order valence-corrected chi connectivity index (χ4v) is 1.95. The molecule has 1 rings (SSSR count). The fourth-order valence-electron chi connectivity index (χ4n) is 1.95. The lowest BCUT2D eigenvalue weighted by atomic mass is 9.87. The molecule has 110 valence electrons. The van der Waals surface area contributed by atoms with Crippen LogP contribution in [0.3, 0.4) is 0 Å². The van der Waals surface area contributed by atoms with Gasteiger partial charge in [-0.15, -0.1) is 0 Å². The van der Waals surface area contributed by atoms with Crippen LogP contribution in [0, 0.1) is 0 Å². The predicted molar refractivity (Wildman–Crippen MR) is 81.9 cm³/mol. The second kappa shape index (κ2) is 6.55. The summed E-state index contributed by atoms with van der Waals surface area (Å²) in [7, 11) is 0. The van der Waals surface area contributed by atoms with Crippen LogP contribution in [0.15, 0.2) is 24.3 Å². The first-order valence-corrected chi connectivity index (χ1v) is 6.85. The molecule has 0 aliphatic carbocycles. The molecule has 0 bridgehead atoms. The zero-order valence-corrected chi connectivity index (χ0v) is 13.0. The highest BCUT2D eigenvalue weighted by atomic mass is 16.2. The smallest absolute Gasteiger partial charge is 0.223 e. The van der Waals surface area contributed by atoms with Crippen molar-refractivity contribution in [3.8, 4) is 0 Å². The maximum atomic E-state index is 11.7. The Balaban J connectivity index is 2.82. The van der Waals surface area contributed by atoms with Crippen LogP contribution < -0.4 is 10.2 Å². The van der Waals surface area contributed by atoms with Crippen LogP contribution in [-0.4, -0.2) is 24.9 Å². The number of amides is 2. The minimum absolute atomic E-state index is 0.0288. The molecule has 4 heteroatoms. The van der Waals surface area contributed by atoms with Crippen molar-refractivity contribution in [3.63, 3.8) is 0 Å². The van der Waals surface area contributed by atoms with Gasteiger partial charge in [0.1, 0.15) is 0 Å². The SMILES string of the molecule is CC(=O)NCCN(C(C)=O)c1ccc(C(C)(C)C)cc1. The first kappa shape index (κ1) is 16.2. The molecule has 1 aromatic carbocycles. The molecule has 0 aromatic heterocycles. The molecule has 0 aliphatic heterocycles. The Morgan fingerprint density at radius 3 is 2.05 bits per heavy atom. The second-order valence-electron chi connectivity index (χ2n) is 5.95. The van der Waals surface area contributed by atoms with Gasteiger partial charge in [-0.2, -0.15) is 0 Å². The summed E-state index contributed by atoms with van der Waals surface area (Å²) < 4.78 is 0. The molecule has 0 spiro atoms. The number of carbonyl (C=O) groups excluding carboxylic acids is 2. The van der Waals surface area contributed by atoms with Crippen molar-refractivity contribution >= 4 is 17.5 Å². The van der Waals surface area contributed by atoms with E-state index in [1.54, 1.807) is 4.90 Å². The van der Waals surface area contributed by atoms with Crippen molar-refractivity contribution in [2.45, 2.75) is 40.0 Å². The van der Waals surface area contributed by atoms with Gasteiger partial charge in [0.05, 0.1) is 0 Å². The van der Waals surface area contributed by atoms with Crippen LogP contribution in [0.4, 0.5) is 5.69 Å². The lowest BCUT2D eigenvalue weighted by Gasteiger charge is -2.24. The Bertz CT molecular complexity index is 472. The summed E-state index contributed by atoms with van der Waals surface area (Å²) in [6, 6.07) is 8.00. The van der Waals surface area contributed by atoms with Crippen molar-refractivity contribution in [1.29, 1.82) is 0 Å². The number of benzene rings is 1. The lowest BCUT2D eigenvalue weighted by Crippen LogP contribution is -2.36. The van der Waals surface area contributed by atoms with Gasteiger partial charge in [0, 0.05) is 32.6 Å². The number of rotatable bonds is 4. The minimum atomic E-state index is -0.0865. The van der Waals surface area contributed by atoms with Gasteiger partial charge in [0.2, 0.25) is 11.8 Å². The van der Waals surface area contributed by atoms with E-state index in [1.165, 1.54) is 19.4 Å². The van der Waals surface area contributed by atoms with Crippen LogP contribution in [-0.2, 0) is 15.0 Å². The molecule has 0 radical (unpaired) electrons. The highest BCUT2D eigenvalue weighted by Crippen LogP contribution is 2.24. The van der Waals surface area contributed by atoms with Crippen LogP contribution >= 0.6 is 0 Å². The van der Waals surface area contributed by atoms with E-state index in [9.17, 15) is 9.59 Å². The van der Waals surface area contributed by atoms with Gasteiger partial charge in [-0.05, 0) is 23.1 Å². The summed E-state index contributed by atoms with van der Waals surface area (Å²) in [6.45, 7) is 10.4. The number of hydrogen-bond donors (Lipinski definition) is 1. The minimum Gasteiger partial charge on any atom is -0.355 e. The largest absolute Gasteiger partial charge is 0.355 e. The van der Waals surface area contributed by atoms with Gasteiger partial charge < -0.3 is 10.2 Å². The maximum absolute atomic E-state index is 11.7. The Morgan fingerprint density at radius 1 is 1.10 bits per heavy atom. The van der Waals surface area contributed by atoms with E-state index in [-0.39, 0.29) is 17.2 Å². The van der Waals surface area contributed by atoms with Crippen LogP contribution in [0.5, 0.6) is 0 Å². The summed E-state index contributed by atoms with van der Waals surface area (Å²) in [5.41, 5.74) is 2.18. The summed E-state index contributed by atoms with van der Waals surface area (Å²) in [5, 5.41) is 2.70. The summed E-state index contributed by atoms with van der Waals surface area (Å²) in [5.74, 6) is -0.115. The zero-order chi connectivity index (χ0) is 15.3.